The first-order valence-electron chi connectivity index (χ1n) is 8.91. The molecule has 0 aromatic heterocycles. The molecular weight excluding hydrogens is 336 g/mol. The molecule has 0 atom stereocenters. The molecular formula is C19H32N2O3S. The second-order valence-corrected chi connectivity index (χ2v) is 9.17. The van der Waals surface area contributed by atoms with Crippen LogP contribution in [0.5, 0.6) is 0 Å². The average Bonchev–Trinajstić information content (AvgIpc) is 2.58. The molecule has 1 aliphatic rings. The molecule has 6 heteroatoms. The highest BCUT2D eigenvalue weighted by molar-refractivity contribution is 7.89. The fourth-order valence-electron chi connectivity index (χ4n) is 3.82. The van der Waals surface area contributed by atoms with Crippen LogP contribution in [0.25, 0.3) is 0 Å². The van der Waals surface area contributed by atoms with Crippen molar-refractivity contribution in [2.45, 2.75) is 52.4 Å². The van der Waals surface area contributed by atoms with Gasteiger partial charge in [0.2, 0.25) is 10.0 Å². The summed E-state index contributed by atoms with van der Waals surface area (Å²) in [5.74, 6) is 0. The first kappa shape index (κ1) is 20.4. The van der Waals surface area contributed by atoms with Crippen molar-refractivity contribution in [1.82, 2.24) is 10.0 Å². The number of nitrogens with one attached hydrogen (secondary N) is 2. The fourth-order valence-corrected chi connectivity index (χ4v) is 5.58. The number of hydrogen-bond acceptors (Lipinski definition) is 4. The summed E-state index contributed by atoms with van der Waals surface area (Å²) in [6, 6.07) is 0. The van der Waals surface area contributed by atoms with E-state index in [0.717, 1.165) is 48.2 Å². The second-order valence-electron chi connectivity index (χ2n) is 7.46. The molecule has 1 aromatic carbocycles. The Hall–Kier alpha value is -0.950. The Balaban J connectivity index is 2.34. The molecule has 1 saturated heterocycles. The minimum absolute atomic E-state index is 0.135. The van der Waals surface area contributed by atoms with Crippen molar-refractivity contribution in [1.29, 1.82) is 0 Å². The lowest BCUT2D eigenvalue weighted by Gasteiger charge is -2.37. The Morgan fingerprint density at radius 3 is 1.92 bits per heavy atom. The van der Waals surface area contributed by atoms with Crippen LogP contribution in [0.2, 0.25) is 0 Å². The van der Waals surface area contributed by atoms with Gasteiger partial charge in [0.15, 0.2) is 0 Å². The molecule has 0 saturated carbocycles. The molecule has 1 aliphatic heterocycles. The predicted molar refractivity (Wildman–Crippen MR) is 102 cm³/mol. The van der Waals surface area contributed by atoms with Gasteiger partial charge in [0.25, 0.3) is 0 Å². The first-order chi connectivity index (χ1) is 11.7. The van der Waals surface area contributed by atoms with Crippen LogP contribution in [0.1, 0.15) is 40.7 Å². The maximum Gasteiger partial charge on any atom is 0.241 e. The molecule has 1 heterocycles. The monoisotopic (exact) mass is 368 g/mol. The summed E-state index contributed by atoms with van der Waals surface area (Å²) >= 11 is 0. The summed E-state index contributed by atoms with van der Waals surface area (Å²) < 4.78 is 34.5. The Morgan fingerprint density at radius 1 is 0.960 bits per heavy atom. The van der Waals surface area contributed by atoms with Gasteiger partial charge >= 0.3 is 0 Å². The Morgan fingerprint density at radius 2 is 1.44 bits per heavy atom. The summed E-state index contributed by atoms with van der Waals surface area (Å²) in [7, 11) is -1.89. The van der Waals surface area contributed by atoms with Crippen molar-refractivity contribution in [3.8, 4) is 0 Å². The molecule has 142 valence electrons. The summed E-state index contributed by atoms with van der Waals surface area (Å²) in [5.41, 5.74) is 4.83. The van der Waals surface area contributed by atoms with E-state index in [9.17, 15) is 8.42 Å². The van der Waals surface area contributed by atoms with Crippen molar-refractivity contribution < 1.29 is 13.2 Å². The van der Waals surface area contributed by atoms with Crippen molar-refractivity contribution >= 4 is 10.0 Å². The summed E-state index contributed by atoms with van der Waals surface area (Å²) in [6.45, 7) is 12.6. The highest BCUT2D eigenvalue weighted by Crippen LogP contribution is 2.32. The smallest absolute Gasteiger partial charge is 0.241 e. The van der Waals surface area contributed by atoms with Gasteiger partial charge in [-0.25, -0.2) is 13.1 Å². The largest absolute Gasteiger partial charge is 0.384 e. The summed E-state index contributed by atoms with van der Waals surface area (Å²) in [6.07, 6.45) is 1.82. The lowest BCUT2D eigenvalue weighted by molar-refractivity contribution is 0.0577. The summed E-state index contributed by atoms with van der Waals surface area (Å²) in [5, 5.41) is 3.33. The molecule has 1 aromatic rings. The highest BCUT2D eigenvalue weighted by atomic mass is 32.2. The van der Waals surface area contributed by atoms with Crippen LogP contribution in [0.4, 0.5) is 0 Å². The van der Waals surface area contributed by atoms with Crippen molar-refractivity contribution in [3.63, 3.8) is 0 Å². The lowest BCUT2D eigenvalue weighted by Crippen LogP contribution is -2.47. The third kappa shape index (κ3) is 4.08. The quantitative estimate of drug-likeness (QED) is 0.810. The molecule has 2 N–H and O–H groups in total. The third-order valence-corrected chi connectivity index (χ3v) is 7.63. The van der Waals surface area contributed by atoms with E-state index in [-0.39, 0.29) is 5.41 Å². The molecule has 0 unspecified atom stereocenters. The van der Waals surface area contributed by atoms with E-state index in [1.165, 1.54) is 5.56 Å². The normalized spacial score (nSPS) is 17.7. The molecule has 0 radical (unpaired) electrons. The van der Waals surface area contributed by atoms with Crippen LogP contribution in [-0.2, 0) is 14.8 Å². The van der Waals surface area contributed by atoms with Crippen molar-refractivity contribution in [2.24, 2.45) is 5.41 Å². The van der Waals surface area contributed by atoms with Gasteiger partial charge < -0.3 is 10.1 Å². The molecule has 0 aliphatic carbocycles. The SMILES string of the molecule is COCC1(CNS(=O)(=O)c2c(C)c(C)c(C)c(C)c2C)CCNCC1. The van der Waals surface area contributed by atoms with Crippen molar-refractivity contribution in [3.05, 3.63) is 27.8 Å². The Labute approximate surface area is 152 Å². The number of piperidine rings is 1. The first-order valence-corrected chi connectivity index (χ1v) is 10.4. The zero-order valence-electron chi connectivity index (χ0n) is 16.4. The van der Waals surface area contributed by atoms with Crippen LogP contribution < -0.4 is 10.0 Å². The van der Waals surface area contributed by atoms with E-state index < -0.39 is 10.0 Å². The number of benzene rings is 1. The highest BCUT2D eigenvalue weighted by Gasteiger charge is 2.34. The molecule has 0 spiro atoms. The van der Waals surface area contributed by atoms with Gasteiger partial charge in [-0.1, -0.05) is 0 Å². The minimum atomic E-state index is -3.57. The van der Waals surface area contributed by atoms with E-state index >= 15 is 0 Å². The molecule has 25 heavy (non-hydrogen) atoms. The Bertz CT molecular complexity index is 701. The van der Waals surface area contributed by atoms with Gasteiger partial charge in [0.05, 0.1) is 11.5 Å². The number of methoxy groups -OCH3 is 1. The number of rotatable bonds is 6. The maximum atomic E-state index is 13.1. The molecule has 2 rings (SSSR count). The van der Waals surface area contributed by atoms with E-state index in [0.29, 0.717) is 18.0 Å². The van der Waals surface area contributed by atoms with Gasteiger partial charge in [-0.3, -0.25) is 0 Å². The molecule has 0 amide bonds. The number of sulfonamides is 1. The van der Waals surface area contributed by atoms with E-state index in [2.05, 4.69) is 17.0 Å². The number of hydrogen-bond donors (Lipinski definition) is 2. The second kappa shape index (κ2) is 7.74. The summed E-state index contributed by atoms with van der Waals surface area (Å²) in [4.78, 5) is 0.439. The van der Waals surface area contributed by atoms with Crippen molar-refractivity contribution in [2.75, 3.05) is 33.4 Å². The van der Waals surface area contributed by atoms with Crippen LogP contribution in [0.15, 0.2) is 4.90 Å². The molecule has 1 fully saturated rings. The molecule has 0 bridgehead atoms. The lowest BCUT2D eigenvalue weighted by atomic mass is 9.80. The predicted octanol–water partition coefficient (Wildman–Crippen LogP) is 2.52. The van der Waals surface area contributed by atoms with E-state index in [1.54, 1.807) is 7.11 Å². The zero-order chi connectivity index (χ0) is 18.8. The van der Waals surface area contributed by atoms with Gasteiger partial charge in [-0.2, -0.15) is 0 Å². The average molecular weight is 369 g/mol. The van der Waals surface area contributed by atoms with Crippen LogP contribution in [-0.4, -0.2) is 41.8 Å². The standard InChI is InChI=1S/C19H32N2O3S/c1-13-14(2)16(4)18(17(5)15(13)3)25(22,23)21-11-19(12-24-6)7-9-20-10-8-19/h20-21H,7-12H2,1-6H3. The van der Waals surface area contributed by atoms with Crippen LogP contribution >= 0.6 is 0 Å². The van der Waals surface area contributed by atoms with E-state index in [4.69, 9.17) is 4.74 Å². The van der Waals surface area contributed by atoms with Gasteiger partial charge in [-0.15, -0.1) is 0 Å². The van der Waals surface area contributed by atoms with Gasteiger partial charge in [0, 0.05) is 19.1 Å². The Kier molecular flexibility index (Phi) is 6.30. The van der Waals surface area contributed by atoms with Gasteiger partial charge in [0.1, 0.15) is 0 Å². The molecule has 5 nitrogen and oxygen atoms in total. The van der Waals surface area contributed by atoms with Crippen LogP contribution in [0.3, 0.4) is 0 Å². The third-order valence-electron chi connectivity index (χ3n) is 5.95. The maximum absolute atomic E-state index is 13.1. The number of ether oxygens (including phenoxy) is 1. The van der Waals surface area contributed by atoms with E-state index in [1.807, 2.05) is 27.7 Å². The topological polar surface area (TPSA) is 67.4 Å². The minimum Gasteiger partial charge on any atom is -0.384 e. The zero-order valence-corrected chi connectivity index (χ0v) is 17.2. The van der Waals surface area contributed by atoms with Gasteiger partial charge in [-0.05, 0) is 88.4 Å². The fraction of sp³-hybridized carbons (Fsp3) is 0.684. The van der Waals surface area contributed by atoms with Crippen LogP contribution in [0, 0.1) is 40.0 Å².